The molecule has 0 amide bonds. The molecule has 1 atom stereocenters. The predicted molar refractivity (Wildman–Crippen MR) is 59.8 cm³/mol. The molecule has 0 N–H and O–H groups in total. The quantitative estimate of drug-likeness (QED) is 0.740. The molecule has 0 aliphatic carbocycles. The third-order valence-electron chi connectivity index (χ3n) is 2.13. The molecule has 0 unspecified atom stereocenters. The van der Waals surface area contributed by atoms with Crippen molar-refractivity contribution in [1.29, 1.82) is 5.26 Å². The number of rotatable bonds is 4. The maximum Gasteiger partial charge on any atom is 0.346 e. The van der Waals surface area contributed by atoms with Gasteiger partial charge in [0.05, 0.1) is 25.9 Å². The van der Waals surface area contributed by atoms with Gasteiger partial charge in [-0.25, -0.2) is 4.79 Å². The van der Waals surface area contributed by atoms with Gasteiger partial charge in [0.2, 0.25) is 0 Å². The molecule has 90 valence electrons. The lowest BCUT2D eigenvalue weighted by atomic mass is 10.2. The lowest BCUT2D eigenvalue weighted by Crippen LogP contribution is -2.25. The van der Waals surface area contributed by atoms with Crippen molar-refractivity contribution in [2.24, 2.45) is 0 Å². The minimum Gasteiger partial charge on any atom is -0.493 e. The zero-order valence-corrected chi connectivity index (χ0v) is 9.89. The van der Waals surface area contributed by atoms with E-state index in [1.165, 1.54) is 14.2 Å². The first-order valence-electron chi connectivity index (χ1n) is 4.95. The molecular weight excluding hydrogens is 222 g/mol. The second kappa shape index (κ2) is 5.75. The van der Waals surface area contributed by atoms with E-state index in [0.717, 1.165) is 0 Å². The Kier molecular flexibility index (Phi) is 4.35. The van der Waals surface area contributed by atoms with Crippen LogP contribution in [0.3, 0.4) is 0 Å². The molecule has 0 spiro atoms. The number of ether oxygens (including phenoxy) is 3. The van der Waals surface area contributed by atoms with Crippen LogP contribution < -0.4 is 9.47 Å². The molecule has 0 aliphatic heterocycles. The van der Waals surface area contributed by atoms with Crippen LogP contribution in [0.5, 0.6) is 11.5 Å². The van der Waals surface area contributed by atoms with Crippen LogP contribution in [0.15, 0.2) is 18.2 Å². The third kappa shape index (κ3) is 3.11. The zero-order valence-electron chi connectivity index (χ0n) is 9.89. The monoisotopic (exact) mass is 235 g/mol. The van der Waals surface area contributed by atoms with E-state index in [9.17, 15) is 4.79 Å². The van der Waals surface area contributed by atoms with Crippen molar-refractivity contribution in [2.45, 2.75) is 13.0 Å². The molecule has 0 radical (unpaired) electrons. The highest BCUT2D eigenvalue weighted by Crippen LogP contribution is 2.28. The molecule has 0 fully saturated rings. The highest BCUT2D eigenvalue weighted by molar-refractivity contribution is 5.74. The Labute approximate surface area is 99.5 Å². The van der Waals surface area contributed by atoms with Gasteiger partial charge in [-0.05, 0) is 19.1 Å². The van der Waals surface area contributed by atoms with Crippen molar-refractivity contribution < 1.29 is 19.0 Å². The van der Waals surface area contributed by atoms with Crippen molar-refractivity contribution in [3.8, 4) is 17.6 Å². The van der Waals surface area contributed by atoms with Crippen LogP contribution in [0, 0.1) is 11.3 Å². The van der Waals surface area contributed by atoms with Crippen LogP contribution >= 0.6 is 0 Å². The number of methoxy groups -OCH3 is 2. The van der Waals surface area contributed by atoms with Crippen LogP contribution in [-0.2, 0) is 9.53 Å². The molecule has 0 aliphatic rings. The van der Waals surface area contributed by atoms with E-state index in [1.807, 2.05) is 6.07 Å². The molecule has 17 heavy (non-hydrogen) atoms. The molecule has 1 rings (SSSR count). The van der Waals surface area contributed by atoms with Crippen LogP contribution in [0.2, 0.25) is 0 Å². The van der Waals surface area contributed by atoms with Gasteiger partial charge >= 0.3 is 5.97 Å². The Balaban J connectivity index is 2.91. The van der Waals surface area contributed by atoms with Crippen molar-refractivity contribution in [2.75, 3.05) is 14.2 Å². The largest absolute Gasteiger partial charge is 0.493 e. The number of benzene rings is 1. The highest BCUT2D eigenvalue weighted by Gasteiger charge is 2.17. The molecule has 0 heterocycles. The zero-order chi connectivity index (χ0) is 12.8. The third-order valence-corrected chi connectivity index (χ3v) is 2.13. The number of hydrogen-bond donors (Lipinski definition) is 0. The smallest absolute Gasteiger partial charge is 0.346 e. The second-order valence-corrected chi connectivity index (χ2v) is 3.26. The Morgan fingerprint density at radius 3 is 2.59 bits per heavy atom. The summed E-state index contributed by atoms with van der Waals surface area (Å²) in [6.45, 7) is 1.57. The Bertz CT molecular complexity index is 450. The van der Waals surface area contributed by atoms with Crippen LogP contribution in [-0.4, -0.2) is 26.3 Å². The summed E-state index contributed by atoms with van der Waals surface area (Å²) in [5.74, 6) is 0.320. The summed E-state index contributed by atoms with van der Waals surface area (Å²) in [4.78, 5) is 11.2. The molecule has 1 aromatic rings. The SMILES string of the molecule is COC(=O)[C@@H](C)Oc1ccc(C#N)cc1OC. The maximum atomic E-state index is 11.2. The van der Waals surface area contributed by atoms with Gasteiger partial charge in [-0.15, -0.1) is 0 Å². The minimum absolute atomic E-state index is 0.393. The van der Waals surface area contributed by atoms with Crippen LogP contribution in [0.4, 0.5) is 0 Å². The van der Waals surface area contributed by atoms with E-state index in [0.29, 0.717) is 17.1 Å². The summed E-state index contributed by atoms with van der Waals surface area (Å²) in [7, 11) is 2.75. The second-order valence-electron chi connectivity index (χ2n) is 3.26. The molecule has 0 aromatic heterocycles. The van der Waals surface area contributed by atoms with Gasteiger partial charge in [0.1, 0.15) is 0 Å². The summed E-state index contributed by atoms with van der Waals surface area (Å²) in [5.41, 5.74) is 0.458. The van der Waals surface area contributed by atoms with Crippen molar-refractivity contribution in [3.63, 3.8) is 0 Å². The fourth-order valence-corrected chi connectivity index (χ4v) is 1.24. The normalized spacial score (nSPS) is 11.2. The lowest BCUT2D eigenvalue weighted by molar-refractivity contribution is -0.147. The van der Waals surface area contributed by atoms with Gasteiger partial charge in [-0.1, -0.05) is 0 Å². The first-order valence-corrected chi connectivity index (χ1v) is 4.95. The Hall–Kier alpha value is -2.22. The maximum absolute atomic E-state index is 11.2. The van der Waals surface area contributed by atoms with E-state index in [1.54, 1.807) is 25.1 Å². The number of carbonyl (C=O) groups is 1. The van der Waals surface area contributed by atoms with Gasteiger partial charge < -0.3 is 14.2 Å². The summed E-state index contributed by atoms with van der Waals surface area (Å²) in [5, 5.41) is 8.74. The summed E-state index contributed by atoms with van der Waals surface area (Å²) in [6.07, 6.45) is -0.734. The molecule has 1 aromatic carbocycles. The van der Waals surface area contributed by atoms with Crippen LogP contribution in [0.25, 0.3) is 0 Å². The first kappa shape index (κ1) is 12.8. The Morgan fingerprint density at radius 1 is 1.35 bits per heavy atom. The van der Waals surface area contributed by atoms with Gasteiger partial charge in [-0.2, -0.15) is 5.26 Å². The molecule has 0 bridgehead atoms. The molecule has 5 heteroatoms. The molecule has 5 nitrogen and oxygen atoms in total. The van der Waals surface area contributed by atoms with Gasteiger partial charge in [-0.3, -0.25) is 0 Å². The first-order chi connectivity index (χ1) is 8.12. The van der Waals surface area contributed by atoms with E-state index in [2.05, 4.69) is 4.74 Å². The van der Waals surface area contributed by atoms with Crippen molar-refractivity contribution in [1.82, 2.24) is 0 Å². The average molecular weight is 235 g/mol. The Morgan fingerprint density at radius 2 is 2.06 bits per heavy atom. The van der Waals surface area contributed by atoms with Crippen molar-refractivity contribution >= 4 is 5.97 Å². The summed E-state index contributed by atoms with van der Waals surface area (Å²) in [6, 6.07) is 6.70. The van der Waals surface area contributed by atoms with E-state index in [-0.39, 0.29) is 0 Å². The molecule has 0 saturated heterocycles. The molecule has 0 saturated carbocycles. The van der Waals surface area contributed by atoms with Gasteiger partial charge in [0.25, 0.3) is 0 Å². The summed E-state index contributed by atoms with van der Waals surface area (Å²) >= 11 is 0. The lowest BCUT2D eigenvalue weighted by Gasteiger charge is -2.14. The fraction of sp³-hybridized carbons (Fsp3) is 0.333. The topological polar surface area (TPSA) is 68.5 Å². The fourth-order valence-electron chi connectivity index (χ4n) is 1.24. The van der Waals surface area contributed by atoms with Gasteiger partial charge in [0, 0.05) is 6.07 Å². The predicted octanol–water partition coefficient (Wildman–Crippen LogP) is 1.51. The number of hydrogen-bond acceptors (Lipinski definition) is 5. The summed E-state index contributed by atoms with van der Waals surface area (Å²) < 4.78 is 15.0. The minimum atomic E-state index is -0.734. The van der Waals surface area contributed by atoms with E-state index < -0.39 is 12.1 Å². The van der Waals surface area contributed by atoms with Crippen LogP contribution in [0.1, 0.15) is 12.5 Å². The highest BCUT2D eigenvalue weighted by atomic mass is 16.6. The van der Waals surface area contributed by atoms with E-state index >= 15 is 0 Å². The van der Waals surface area contributed by atoms with Gasteiger partial charge in [0.15, 0.2) is 17.6 Å². The van der Waals surface area contributed by atoms with E-state index in [4.69, 9.17) is 14.7 Å². The number of esters is 1. The number of nitrogens with zero attached hydrogens (tertiary/aromatic N) is 1. The van der Waals surface area contributed by atoms with Crippen molar-refractivity contribution in [3.05, 3.63) is 23.8 Å². The number of nitriles is 1. The average Bonchev–Trinajstić information content (AvgIpc) is 2.37. The standard InChI is InChI=1S/C12H13NO4/c1-8(12(14)16-3)17-10-5-4-9(7-13)6-11(10)15-2/h4-6,8H,1-3H3/t8-/m1/s1. The molecular formula is C12H13NO4. The number of carbonyl (C=O) groups excluding carboxylic acids is 1.